The number of carboxylic acids is 1. The Labute approximate surface area is 221 Å². The highest BCUT2D eigenvalue weighted by Gasteiger charge is 2.22. The summed E-state index contributed by atoms with van der Waals surface area (Å²) in [7, 11) is 0. The number of fused-ring (bicyclic) bond motifs is 2. The van der Waals surface area contributed by atoms with Crippen molar-refractivity contribution in [3.8, 4) is 11.3 Å². The van der Waals surface area contributed by atoms with E-state index in [1.165, 1.54) is 23.3 Å². The summed E-state index contributed by atoms with van der Waals surface area (Å²) in [6.45, 7) is 1.69. The van der Waals surface area contributed by atoms with Gasteiger partial charge in [-0.25, -0.2) is 14.4 Å². The van der Waals surface area contributed by atoms with Crippen LogP contribution in [0.2, 0.25) is 0 Å². The van der Waals surface area contributed by atoms with Crippen LogP contribution in [-0.2, 0) is 17.6 Å². The first kappa shape index (κ1) is 25.5. The number of benzene rings is 3. The summed E-state index contributed by atoms with van der Waals surface area (Å²) in [5.41, 5.74) is 6.25. The molecule has 194 valence electrons. The Kier molecular flexibility index (Phi) is 7.45. The van der Waals surface area contributed by atoms with Gasteiger partial charge in [-0.3, -0.25) is 9.59 Å². The zero-order valence-electron chi connectivity index (χ0n) is 21.3. The maximum absolute atomic E-state index is 13.6. The average molecular weight is 512 g/mol. The van der Waals surface area contributed by atoms with Gasteiger partial charge in [0.25, 0.3) is 5.91 Å². The van der Waals surface area contributed by atoms with E-state index >= 15 is 0 Å². The van der Waals surface area contributed by atoms with Crippen LogP contribution in [0.25, 0.3) is 22.3 Å². The molecule has 1 heterocycles. The summed E-state index contributed by atoms with van der Waals surface area (Å²) in [4.78, 5) is 34.2. The molecule has 2 N–H and O–H groups in total. The third kappa shape index (κ3) is 5.57. The molecule has 0 spiro atoms. The number of aryl methyl sites for hydroxylation is 2. The second-order valence-corrected chi connectivity index (χ2v) is 9.98. The van der Waals surface area contributed by atoms with Crippen molar-refractivity contribution in [1.29, 1.82) is 0 Å². The number of hydrogen-bond acceptors (Lipinski definition) is 4. The van der Waals surface area contributed by atoms with Crippen molar-refractivity contribution in [2.75, 3.05) is 0 Å². The molecule has 1 aromatic heterocycles. The molecule has 0 aliphatic heterocycles. The van der Waals surface area contributed by atoms with E-state index in [1.807, 2.05) is 12.1 Å². The van der Waals surface area contributed by atoms with Crippen LogP contribution in [0.5, 0.6) is 0 Å². The number of hydrogen-bond donors (Lipinski definition) is 2. The molecule has 1 amide bonds. The molecule has 0 bridgehead atoms. The fourth-order valence-corrected chi connectivity index (χ4v) is 5.09. The zero-order valence-corrected chi connectivity index (χ0v) is 21.3. The predicted molar refractivity (Wildman–Crippen MR) is 144 cm³/mol. The highest BCUT2D eigenvalue weighted by atomic mass is 19.1. The van der Waals surface area contributed by atoms with Crippen molar-refractivity contribution in [1.82, 2.24) is 15.3 Å². The molecule has 1 aliphatic carbocycles. The standard InChI is InChI=1S/C31H30FN3O3/c1-19(31(37)38)6-4-11-27-29(21-12-15-23(32)16-13-21)34-26-17-14-22(18-28(26)33-27)30(36)35-25-10-5-8-20-7-2-3-9-24(20)25/h2-3,7,9,12-19,25H,4-6,8,10-11H2,1H3,(H,35,36)(H,37,38)/t19-,25-/m1/s1. The molecule has 38 heavy (non-hydrogen) atoms. The van der Waals surface area contributed by atoms with Crippen molar-refractivity contribution in [2.24, 2.45) is 5.92 Å². The predicted octanol–water partition coefficient (Wildman–Crippen LogP) is 6.29. The number of carbonyl (C=O) groups excluding carboxylic acids is 1. The maximum atomic E-state index is 13.6. The number of rotatable bonds is 8. The minimum atomic E-state index is -0.829. The number of carbonyl (C=O) groups is 2. The lowest BCUT2D eigenvalue weighted by Crippen LogP contribution is -2.31. The van der Waals surface area contributed by atoms with Gasteiger partial charge in [-0.2, -0.15) is 0 Å². The topological polar surface area (TPSA) is 92.2 Å². The summed E-state index contributed by atoms with van der Waals surface area (Å²) in [6, 6.07) is 19.6. The number of aliphatic carboxylic acids is 1. The number of carboxylic acid groups (broad SMARTS) is 1. The van der Waals surface area contributed by atoms with Gasteiger partial charge in [0, 0.05) is 11.1 Å². The summed E-state index contributed by atoms with van der Waals surface area (Å²) < 4.78 is 13.6. The van der Waals surface area contributed by atoms with Crippen LogP contribution >= 0.6 is 0 Å². The van der Waals surface area contributed by atoms with Crippen LogP contribution in [0.3, 0.4) is 0 Å². The van der Waals surface area contributed by atoms with E-state index in [2.05, 4.69) is 17.4 Å². The SMILES string of the molecule is C[C@H](CCCc1nc2cc(C(=O)N[C@@H]3CCCc4ccccc43)ccc2nc1-c1ccc(F)cc1)C(=O)O. The lowest BCUT2D eigenvalue weighted by atomic mass is 9.87. The van der Waals surface area contributed by atoms with E-state index in [0.29, 0.717) is 47.2 Å². The summed E-state index contributed by atoms with van der Waals surface area (Å²) in [5, 5.41) is 12.4. The van der Waals surface area contributed by atoms with Gasteiger partial charge in [0.2, 0.25) is 0 Å². The van der Waals surface area contributed by atoms with E-state index in [0.717, 1.165) is 24.8 Å². The number of nitrogens with one attached hydrogen (secondary N) is 1. The molecule has 0 radical (unpaired) electrons. The normalized spacial score (nSPS) is 15.6. The third-order valence-electron chi connectivity index (χ3n) is 7.26. The van der Waals surface area contributed by atoms with Gasteiger partial charge in [-0.1, -0.05) is 31.2 Å². The van der Waals surface area contributed by atoms with E-state index in [9.17, 15) is 19.1 Å². The fraction of sp³-hybridized carbons (Fsp3) is 0.290. The molecular formula is C31H30FN3O3. The highest BCUT2D eigenvalue weighted by Crippen LogP contribution is 2.30. The summed E-state index contributed by atoms with van der Waals surface area (Å²) >= 11 is 0. The lowest BCUT2D eigenvalue weighted by molar-refractivity contribution is -0.141. The Morgan fingerprint density at radius 1 is 1.05 bits per heavy atom. The van der Waals surface area contributed by atoms with Gasteiger partial charge in [0.1, 0.15) is 5.82 Å². The molecule has 4 aromatic rings. The smallest absolute Gasteiger partial charge is 0.306 e. The van der Waals surface area contributed by atoms with E-state index < -0.39 is 11.9 Å². The van der Waals surface area contributed by atoms with Gasteiger partial charge in [0.15, 0.2) is 0 Å². The Balaban J connectivity index is 1.44. The molecule has 2 atom stereocenters. The minimum absolute atomic E-state index is 0.0260. The largest absolute Gasteiger partial charge is 0.481 e. The van der Waals surface area contributed by atoms with Crippen LogP contribution < -0.4 is 5.32 Å². The molecule has 5 rings (SSSR count). The molecule has 0 saturated carbocycles. The number of amides is 1. The third-order valence-corrected chi connectivity index (χ3v) is 7.26. The van der Waals surface area contributed by atoms with Crippen molar-refractivity contribution >= 4 is 22.9 Å². The summed E-state index contributed by atoms with van der Waals surface area (Å²) in [5.74, 6) is -1.78. The number of halogens is 1. The Morgan fingerprint density at radius 2 is 1.84 bits per heavy atom. The maximum Gasteiger partial charge on any atom is 0.306 e. The first-order valence-electron chi connectivity index (χ1n) is 13.1. The summed E-state index contributed by atoms with van der Waals surface area (Å²) in [6.07, 6.45) is 4.59. The van der Waals surface area contributed by atoms with Crippen LogP contribution in [0.15, 0.2) is 66.7 Å². The molecule has 7 heteroatoms. The number of aromatic nitrogens is 2. The van der Waals surface area contributed by atoms with Crippen LogP contribution in [0.1, 0.15) is 65.8 Å². The Bertz CT molecular complexity index is 1490. The van der Waals surface area contributed by atoms with Gasteiger partial charge in [-0.05, 0) is 92.1 Å². The minimum Gasteiger partial charge on any atom is -0.481 e. The first-order valence-corrected chi connectivity index (χ1v) is 13.1. The molecule has 0 unspecified atom stereocenters. The quantitative estimate of drug-likeness (QED) is 0.290. The molecular weight excluding hydrogens is 481 g/mol. The van der Waals surface area contributed by atoms with Crippen molar-refractivity contribution in [3.63, 3.8) is 0 Å². The second kappa shape index (κ2) is 11.1. The van der Waals surface area contributed by atoms with Crippen molar-refractivity contribution < 1.29 is 19.1 Å². The number of nitrogens with zero attached hydrogens (tertiary/aromatic N) is 2. The molecule has 6 nitrogen and oxygen atoms in total. The van der Waals surface area contributed by atoms with Crippen molar-refractivity contribution in [2.45, 2.75) is 51.5 Å². The molecule has 3 aromatic carbocycles. The van der Waals surface area contributed by atoms with Crippen LogP contribution in [0, 0.1) is 11.7 Å². The van der Waals surface area contributed by atoms with Crippen molar-refractivity contribution in [3.05, 3.63) is 94.9 Å². The molecule has 1 aliphatic rings. The van der Waals surface area contributed by atoms with Gasteiger partial charge in [0.05, 0.1) is 34.4 Å². The van der Waals surface area contributed by atoms with Crippen LogP contribution in [-0.4, -0.2) is 27.0 Å². The lowest BCUT2D eigenvalue weighted by Gasteiger charge is -2.26. The van der Waals surface area contributed by atoms with E-state index in [-0.39, 0.29) is 17.8 Å². The molecule has 0 fully saturated rings. The monoisotopic (exact) mass is 511 g/mol. The Morgan fingerprint density at radius 3 is 2.63 bits per heavy atom. The second-order valence-electron chi connectivity index (χ2n) is 9.98. The zero-order chi connectivity index (χ0) is 26.6. The van der Waals surface area contributed by atoms with Gasteiger partial charge in [-0.15, -0.1) is 0 Å². The Hall–Kier alpha value is -4.13. The van der Waals surface area contributed by atoms with Crippen LogP contribution in [0.4, 0.5) is 4.39 Å². The fourth-order valence-electron chi connectivity index (χ4n) is 5.09. The first-order chi connectivity index (χ1) is 18.4. The average Bonchev–Trinajstić information content (AvgIpc) is 2.93. The van der Waals surface area contributed by atoms with Gasteiger partial charge >= 0.3 is 5.97 Å². The van der Waals surface area contributed by atoms with E-state index in [4.69, 9.17) is 9.97 Å². The highest BCUT2D eigenvalue weighted by molar-refractivity contribution is 5.97. The molecule has 0 saturated heterocycles. The van der Waals surface area contributed by atoms with Gasteiger partial charge < -0.3 is 10.4 Å². The van der Waals surface area contributed by atoms with E-state index in [1.54, 1.807) is 37.3 Å².